The minimum absolute atomic E-state index is 0.0949. The van der Waals surface area contributed by atoms with Gasteiger partial charge in [0.1, 0.15) is 17.6 Å². The molecule has 110 valence electrons. The third-order valence-corrected chi connectivity index (χ3v) is 2.94. The lowest BCUT2D eigenvalue weighted by Gasteiger charge is -2.13. The number of nitrogens with one attached hydrogen (secondary N) is 1. The fraction of sp³-hybridized carbons (Fsp3) is 0.462. The van der Waals surface area contributed by atoms with Crippen LogP contribution in [0.4, 0.5) is 14.5 Å². The lowest BCUT2D eigenvalue weighted by atomic mass is 10.2. The average Bonchev–Trinajstić information content (AvgIpc) is 2.69. The van der Waals surface area contributed by atoms with Crippen LogP contribution in [-0.2, 0) is 9.53 Å². The number of ether oxygens (including phenoxy) is 3. The normalized spacial score (nSPS) is 20.4. The topological polar surface area (TPSA) is 56.8 Å². The summed E-state index contributed by atoms with van der Waals surface area (Å²) < 4.78 is 40.8. The molecule has 1 saturated heterocycles. The summed E-state index contributed by atoms with van der Waals surface area (Å²) in [5, 5.41) is 2.92. The summed E-state index contributed by atoms with van der Waals surface area (Å²) in [5.74, 6) is -3.72. The molecule has 1 aliphatic heterocycles. The summed E-state index contributed by atoms with van der Waals surface area (Å²) in [4.78, 5) is 10.9. The number of carbonyl (C=O) groups excluding carboxylic acids is 1. The Morgan fingerprint density at radius 2 is 1.90 bits per heavy atom. The molecule has 1 atom stereocenters. The first-order valence-corrected chi connectivity index (χ1v) is 6.00. The average molecular weight is 287 g/mol. The van der Waals surface area contributed by atoms with Crippen LogP contribution in [0.1, 0.15) is 6.42 Å². The number of cyclic esters (lactones) is 1. The van der Waals surface area contributed by atoms with Crippen molar-refractivity contribution in [2.24, 2.45) is 0 Å². The summed E-state index contributed by atoms with van der Waals surface area (Å²) in [6.45, 7) is 0.0949. The Hall–Kier alpha value is -2.05. The molecular weight excluding hydrogens is 272 g/mol. The molecule has 0 aliphatic carbocycles. The summed E-state index contributed by atoms with van der Waals surface area (Å²) in [7, 11) is 3.02. The van der Waals surface area contributed by atoms with Gasteiger partial charge in [-0.2, -0.15) is 8.78 Å². The number of alkyl halides is 2. The number of anilines is 1. The lowest BCUT2D eigenvalue weighted by Crippen LogP contribution is -2.22. The van der Waals surface area contributed by atoms with E-state index < -0.39 is 24.4 Å². The smallest absolute Gasteiger partial charge is 0.377 e. The van der Waals surface area contributed by atoms with E-state index in [1.807, 2.05) is 0 Å². The van der Waals surface area contributed by atoms with Crippen molar-refractivity contribution in [2.75, 3.05) is 26.1 Å². The molecule has 0 saturated carbocycles. The van der Waals surface area contributed by atoms with Crippen molar-refractivity contribution in [1.82, 2.24) is 0 Å². The van der Waals surface area contributed by atoms with Crippen molar-refractivity contribution in [2.45, 2.75) is 18.4 Å². The van der Waals surface area contributed by atoms with E-state index in [9.17, 15) is 13.6 Å². The van der Waals surface area contributed by atoms with Crippen molar-refractivity contribution >= 4 is 11.7 Å². The van der Waals surface area contributed by atoms with Gasteiger partial charge in [0.05, 0.1) is 27.2 Å². The van der Waals surface area contributed by atoms with E-state index >= 15 is 0 Å². The first-order chi connectivity index (χ1) is 9.44. The molecule has 20 heavy (non-hydrogen) atoms. The van der Waals surface area contributed by atoms with E-state index in [4.69, 9.17) is 9.47 Å². The van der Waals surface area contributed by atoms with E-state index in [-0.39, 0.29) is 6.54 Å². The van der Waals surface area contributed by atoms with Crippen LogP contribution in [0.3, 0.4) is 0 Å². The van der Waals surface area contributed by atoms with Gasteiger partial charge in [-0.3, -0.25) is 0 Å². The number of methoxy groups -OCH3 is 2. The zero-order chi connectivity index (χ0) is 14.8. The van der Waals surface area contributed by atoms with Crippen molar-refractivity contribution < 1.29 is 27.8 Å². The molecule has 5 nitrogen and oxygen atoms in total. The Labute approximate surface area is 114 Å². The maximum Gasteiger partial charge on any atom is 0.377 e. The predicted molar refractivity (Wildman–Crippen MR) is 67.5 cm³/mol. The van der Waals surface area contributed by atoms with Gasteiger partial charge >= 0.3 is 11.9 Å². The second kappa shape index (κ2) is 5.52. The molecule has 1 unspecified atom stereocenters. The van der Waals surface area contributed by atoms with E-state index in [2.05, 4.69) is 10.1 Å². The number of rotatable bonds is 5. The Bertz CT molecular complexity index is 485. The second-order valence-electron chi connectivity index (χ2n) is 4.42. The van der Waals surface area contributed by atoms with Crippen molar-refractivity contribution in [3.05, 3.63) is 18.2 Å². The fourth-order valence-corrected chi connectivity index (χ4v) is 1.90. The van der Waals surface area contributed by atoms with Crippen LogP contribution in [0.5, 0.6) is 11.5 Å². The van der Waals surface area contributed by atoms with Gasteiger partial charge in [-0.25, -0.2) is 4.79 Å². The maximum absolute atomic E-state index is 13.0. The van der Waals surface area contributed by atoms with Gasteiger partial charge in [-0.05, 0) is 0 Å². The SMILES string of the molecule is COc1cc(NCC2CC(F)(F)C(=O)O2)cc(OC)c1. The van der Waals surface area contributed by atoms with Gasteiger partial charge in [0.15, 0.2) is 0 Å². The Kier molecular flexibility index (Phi) is 3.96. The highest BCUT2D eigenvalue weighted by atomic mass is 19.3. The summed E-state index contributed by atoms with van der Waals surface area (Å²) in [6.07, 6.45) is -1.46. The largest absolute Gasteiger partial charge is 0.497 e. The van der Waals surface area contributed by atoms with Crippen LogP contribution in [0, 0.1) is 0 Å². The van der Waals surface area contributed by atoms with Crippen LogP contribution in [0.2, 0.25) is 0 Å². The Morgan fingerprint density at radius 1 is 1.30 bits per heavy atom. The first kappa shape index (κ1) is 14.4. The highest BCUT2D eigenvalue weighted by Gasteiger charge is 2.50. The Morgan fingerprint density at radius 3 is 2.35 bits per heavy atom. The number of esters is 1. The van der Waals surface area contributed by atoms with Gasteiger partial charge in [0, 0.05) is 23.9 Å². The summed E-state index contributed by atoms with van der Waals surface area (Å²) >= 11 is 0. The molecule has 0 aromatic heterocycles. The molecule has 0 spiro atoms. The monoisotopic (exact) mass is 287 g/mol. The molecule has 0 amide bonds. The molecular formula is C13H15F2NO4. The number of halogens is 2. The standard InChI is InChI=1S/C13H15F2NO4/c1-18-9-3-8(4-10(5-9)19-2)16-7-11-6-13(14,15)12(17)20-11/h3-5,11,16H,6-7H2,1-2H3. The first-order valence-electron chi connectivity index (χ1n) is 6.00. The number of hydrogen-bond donors (Lipinski definition) is 1. The van der Waals surface area contributed by atoms with Gasteiger partial charge in [-0.1, -0.05) is 0 Å². The van der Waals surface area contributed by atoms with Crippen LogP contribution in [-0.4, -0.2) is 38.8 Å². The molecule has 1 fully saturated rings. The molecule has 1 aromatic rings. The second-order valence-corrected chi connectivity index (χ2v) is 4.42. The van der Waals surface area contributed by atoms with Gasteiger partial charge < -0.3 is 19.5 Å². The zero-order valence-corrected chi connectivity index (χ0v) is 11.1. The lowest BCUT2D eigenvalue weighted by molar-refractivity contribution is -0.158. The Balaban J connectivity index is 1.99. The van der Waals surface area contributed by atoms with Crippen molar-refractivity contribution in [3.63, 3.8) is 0 Å². The summed E-state index contributed by atoms with van der Waals surface area (Å²) in [6, 6.07) is 5.07. The number of hydrogen-bond acceptors (Lipinski definition) is 5. The van der Waals surface area contributed by atoms with Crippen molar-refractivity contribution in [1.29, 1.82) is 0 Å². The highest BCUT2D eigenvalue weighted by Crippen LogP contribution is 2.31. The van der Waals surface area contributed by atoms with Crippen LogP contribution in [0.15, 0.2) is 18.2 Å². The van der Waals surface area contributed by atoms with Crippen LogP contribution >= 0.6 is 0 Å². The minimum atomic E-state index is -3.39. The molecule has 2 rings (SSSR count). The van der Waals surface area contributed by atoms with E-state index in [1.165, 1.54) is 14.2 Å². The van der Waals surface area contributed by atoms with Gasteiger partial charge in [0.2, 0.25) is 0 Å². The van der Waals surface area contributed by atoms with Crippen LogP contribution < -0.4 is 14.8 Å². The quantitative estimate of drug-likeness (QED) is 0.840. The minimum Gasteiger partial charge on any atom is -0.497 e. The zero-order valence-electron chi connectivity index (χ0n) is 11.1. The van der Waals surface area contributed by atoms with E-state index in [0.29, 0.717) is 17.2 Å². The summed E-state index contributed by atoms with van der Waals surface area (Å²) in [5.41, 5.74) is 0.632. The van der Waals surface area contributed by atoms with Crippen LogP contribution in [0.25, 0.3) is 0 Å². The van der Waals surface area contributed by atoms with Gasteiger partial charge in [0.25, 0.3) is 0 Å². The molecule has 1 N–H and O–H groups in total. The molecule has 1 aromatic carbocycles. The van der Waals surface area contributed by atoms with E-state index in [0.717, 1.165) is 0 Å². The molecule has 0 bridgehead atoms. The third kappa shape index (κ3) is 3.09. The molecule has 0 radical (unpaired) electrons. The molecule has 1 heterocycles. The number of carbonyl (C=O) groups is 1. The fourth-order valence-electron chi connectivity index (χ4n) is 1.90. The van der Waals surface area contributed by atoms with Gasteiger partial charge in [-0.15, -0.1) is 0 Å². The van der Waals surface area contributed by atoms with Crippen molar-refractivity contribution in [3.8, 4) is 11.5 Å². The molecule has 1 aliphatic rings. The predicted octanol–water partition coefficient (Wildman–Crippen LogP) is 2.07. The maximum atomic E-state index is 13.0. The van der Waals surface area contributed by atoms with E-state index in [1.54, 1.807) is 18.2 Å². The highest BCUT2D eigenvalue weighted by molar-refractivity contribution is 5.79. The third-order valence-electron chi connectivity index (χ3n) is 2.94. The number of benzene rings is 1. The molecule has 7 heteroatoms.